The molecule has 3 rings (SSSR count). The summed E-state index contributed by atoms with van der Waals surface area (Å²) in [4.78, 5) is 25.5. The van der Waals surface area contributed by atoms with E-state index in [0.717, 1.165) is 22.7 Å². The lowest BCUT2D eigenvalue weighted by molar-refractivity contribution is -0.142. The van der Waals surface area contributed by atoms with Gasteiger partial charge in [-0.1, -0.05) is 28.8 Å². The zero-order valence-corrected chi connectivity index (χ0v) is 11.2. The van der Waals surface area contributed by atoms with Crippen LogP contribution in [0.2, 0.25) is 0 Å². The summed E-state index contributed by atoms with van der Waals surface area (Å²) in [7, 11) is 0. The maximum Gasteiger partial charge on any atom is 0.326 e. The van der Waals surface area contributed by atoms with Gasteiger partial charge in [0.1, 0.15) is 10.9 Å². The predicted octanol–water partition coefficient (Wildman–Crippen LogP) is 1.19. The number of fused-ring (bicyclic) bond motifs is 1. The van der Waals surface area contributed by atoms with Gasteiger partial charge in [-0.15, -0.1) is 5.10 Å². The second-order valence-corrected chi connectivity index (χ2v) is 5.33. The van der Waals surface area contributed by atoms with Crippen LogP contribution in [0.25, 0.3) is 0 Å². The second-order valence-electron chi connectivity index (χ2n) is 4.54. The Morgan fingerprint density at radius 2 is 2.05 bits per heavy atom. The molecule has 1 amide bonds. The summed E-state index contributed by atoms with van der Waals surface area (Å²) >= 11 is 0.974. The van der Waals surface area contributed by atoms with Crippen molar-refractivity contribution in [2.24, 2.45) is 0 Å². The number of benzene rings is 1. The number of carboxylic acids is 1. The molecule has 1 N–H and O–H groups in total. The molecule has 0 saturated carbocycles. The third-order valence-corrected chi connectivity index (χ3v) is 4.02. The van der Waals surface area contributed by atoms with Gasteiger partial charge in [0, 0.05) is 13.0 Å². The van der Waals surface area contributed by atoms with Crippen LogP contribution in [0, 0.1) is 0 Å². The van der Waals surface area contributed by atoms with Crippen LogP contribution in [0.3, 0.4) is 0 Å². The number of carboxylic acid groups (broad SMARTS) is 1. The molecule has 1 aliphatic rings. The molecule has 6 nitrogen and oxygen atoms in total. The third-order valence-electron chi connectivity index (χ3n) is 3.37. The Hall–Kier alpha value is -2.28. The molecule has 0 bridgehead atoms. The maximum absolute atomic E-state index is 12.4. The maximum atomic E-state index is 12.4. The minimum absolute atomic E-state index is 0.296. The molecule has 0 radical (unpaired) electrons. The van der Waals surface area contributed by atoms with Crippen molar-refractivity contribution >= 4 is 23.4 Å². The Morgan fingerprint density at radius 3 is 2.70 bits per heavy atom. The Balaban J connectivity index is 1.96. The summed E-state index contributed by atoms with van der Waals surface area (Å²) in [6.45, 7) is 0.296. The summed E-state index contributed by atoms with van der Waals surface area (Å²) in [6, 6.07) is 6.73. The Labute approximate surface area is 118 Å². The van der Waals surface area contributed by atoms with Crippen molar-refractivity contribution in [1.29, 1.82) is 0 Å². The van der Waals surface area contributed by atoms with Crippen molar-refractivity contribution in [1.82, 2.24) is 14.5 Å². The van der Waals surface area contributed by atoms with Crippen LogP contribution in [-0.2, 0) is 17.8 Å². The highest BCUT2D eigenvalue weighted by molar-refractivity contribution is 7.07. The SMILES string of the molecule is O=C(O)C1Cc2ccccc2CN1C(=O)c1cnns1. The summed E-state index contributed by atoms with van der Waals surface area (Å²) in [6.07, 6.45) is 1.69. The lowest BCUT2D eigenvalue weighted by Gasteiger charge is -2.34. The van der Waals surface area contributed by atoms with Crippen LogP contribution in [0.4, 0.5) is 0 Å². The van der Waals surface area contributed by atoms with Gasteiger partial charge < -0.3 is 10.0 Å². The van der Waals surface area contributed by atoms with Crippen LogP contribution >= 0.6 is 11.5 Å². The van der Waals surface area contributed by atoms with Crippen LogP contribution in [0.1, 0.15) is 20.8 Å². The van der Waals surface area contributed by atoms with E-state index in [1.165, 1.54) is 11.1 Å². The summed E-state index contributed by atoms with van der Waals surface area (Å²) in [5.74, 6) is -1.33. The van der Waals surface area contributed by atoms with E-state index in [9.17, 15) is 14.7 Å². The average Bonchev–Trinajstić information content (AvgIpc) is 2.99. The Morgan fingerprint density at radius 1 is 1.30 bits per heavy atom. The molecule has 102 valence electrons. The highest BCUT2D eigenvalue weighted by atomic mass is 32.1. The Kier molecular flexibility index (Phi) is 3.19. The number of carbonyl (C=O) groups is 2. The largest absolute Gasteiger partial charge is 0.480 e. The molecule has 7 heteroatoms. The first-order chi connectivity index (χ1) is 9.66. The van der Waals surface area contributed by atoms with E-state index >= 15 is 0 Å². The molecular formula is C13H11N3O3S. The number of carbonyl (C=O) groups excluding carboxylic acids is 1. The van der Waals surface area contributed by atoms with Crippen molar-refractivity contribution in [2.75, 3.05) is 0 Å². The van der Waals surface area contributed by atoms with Crippen molar-refractivity contribution in [3.8, 4) is 0 Å². The van der Waals surface area contributed by atoms with Gasteiger partial charge in [-0.25, -0.2) is 4.79 Å². The number of hydrogen-bond donors (Lipinski definition) is 1. The highest BCUT2D eigenvalue weighted by Gasteiger charge is 2.35. The van der Waals surface area contributed by atoms with Gasteiger partial charge in [0.2, 0.25) is 0 Å². The molecule has 2 heterocycles. The molecule has 0 spiro atoms. The van der Waals surface area contributed by atoms with Gasteiger partial charge in [0.15, 0.2) is 0 Å². The highest BCUT2D eigenvalue weighted by Crippen LogP contribution is 2.25. The van der Waals surface area contributed by atoms with Crippen LogP contribution in [-0.4, -0.2) is 37.5 Å². The molecule has 0 fully saturated rings. The minimum Gasteiger partial charge on any atom is -0.480 e. The van der Waals surface area contributed by atoms with E-state index in [1.54, 1.807) is 0 Å². The fourth-order valence-corrected chi connectivity index (χ4v) is 2.83. The second kappa shape index (κ2) is 5.01. The number of hydrogen-bond acceptors (Lipinski definition) is 5. The van der Waals surface area contributed by atoms with Crippen LogP contribution in [0.15, 0.2) is 30.5 Å². The third kappa shape index (κ3) is 2.16. The fraction of sp³-hybridized carbons (Fsp3) is 0.231. The van der Waals surface area contributed by atoms with E-state index < -0.39 is 12.0 Å². The zero-order chi connectivity index (χ0) is 14.1. The monoisotopic (exact) mass is 289 g/mol. The van der Waals surface area contributed by atoms with Crippen molar-refractivity contribution in [3.63, 3.8) is 0 Å². The predicted molar refractivity (Wildman–Crippen MR) is 71.4 cm³/mol. The van der Waals surface area contributed by atoms with E-state index in [2.05, 4.69) is 9.59 Å². The summed E-state index contributed by atoms with van der Waals surface area (Å²) in [5, 5.41) is 13.0. The lowest BCUT2D eigenvalue weighted by Crippen LogP contribution is -2.48. The van der Waals surface area contributed by atoms with E-state index in [-0.39, 0.29) is 5.91 Å². The molecule has 1 aromatic heterocycles. The topological polar surface area (TPSA) is 83.4 Å². The summed E-state index contributed by atoms with van der Waals surface area (Å²) < 4.78 is 3.65. The minimum atomic E-state index is -0.995. The molecule has 1 aliphatic heterocycles. The number of rotatable bonds is 2. The Bertz CT molecular complexity index is 657. The van der Waals surface area contributed by atoms with Gasteiger partial charge >= 0.3 is 5.97 Å². The van der Waals surface area contributed by atoms with Crippen LogP contribution in [0.5, 0.6) is 0 Å². The average molecular weight is 289 g/mol. The summed E-state index contributed by atoms with van der Waals surface area (Å²) in [5.41, 5.74) is 1.96. The van der Waals surface area contributed by atoms with E-state index in [0.29, 0.717) is 17.8 Å². The molecular weight excluding hydrogens is 278 g/mol. The molecule has 0 aliphatic carbocycles. The van der Waals surface area contributed by atoms with Gasteiger partial charge in [-0.3, -0.25) is 4.79 Å². The van der Waals surface area contributed by atoms with Crippen molar-refractivity contribution < 1.29 is 14.7 Å². The van der Waals surface area contributed by atoms with E-state index in [1.807, 2.05) is 24.3 Å². The van der Waals surface area contributed by atoms with Crippen LogP contribution < -0.4 is 0 Å². The zero-order valence-electron chi connectivity index (χ0n) is 10.4. The number of aliphatic carboxylic acids is 1. The molecule has 20 heavy (non-hydrogen) atoms. The molecule has 1 unspecified atom stereocenters. The quantitative estimate of drug-likeness (QED) is 0.898. The fourth-order valence-electron chi connectivity index (χ4n) is 2.36. The molecule has 1 aromatic carbocycles. The lowest BCUT2D eigenvalue weighted by atomic mass is 9.94. The van der Waals surface area contributed by atoms with Gasteiger partial charge in [-0.05, 0) is 22.7 Å². The molecule has 1 atom stereocenters. The number of amides is 1. The smallest absolute Gasteiger partial charge is 0.326 e. The van der Waals surface area contributed by atoms with Crippen molar-refractivity contribution in [3.05, 3.63) is 46.5 Å². The first kappa shape index (κ1) is 12.7. The first-order valence-electron chi connectivity index (χ1n) is 6.04. The normalized spacial score (nSPS) is 17.6. The first-order valence-corrected chi connectivity index (χ1v) is 6.82. The van der Waals surface area contributed by atoms with Gasteiger partial charge in [0.05, 0.1) is 6.20 Å². The number of aromatic nitrogens is 2. The molecule has 2 aromatic rings. The molecule has 0 saturated heterocycles. The van der Waals surface area contributed by atoms with E-state index in [4.69, 9.17) is 0 Å². The standard InChI is InChI=1S/C13H11N3O3S/c17-12(11-6-14-15-20-11)16-7-9-4-2-1-3-8(9)5-10(16)13(18)19/h1-4,6,10H,5,7H2,(H,18,19). The van der Waals surface area contributed by atoms with Crippen molar-refractivity contribution in [2.45, 2.75) is 19.0 Å². The van der Waals surface area contributed by atoms with Gasteiger partial charge in [0.25, 0.3) is 5.91 Å². The van der Waals surface area contributed by atoms with Gasteiger partial charge in [-0.2, -0.15) is 0 Å². The number of nitrogens with zero attached hydrogens (tertiary/aromatic N) is 3.